The summed E-state index contributed by atoms with van der Waals surface area (Å²) in [6, 6.07) is 25.3. The molecule has 0 N–H and O–H groups in total. The van der Waals surface area contributed by atoms with Gasteiger partial charge in [-0.05, 0) is 42.0 Å². The Morgan fingerprint density at radius 2 is 1.57 bits per heavy atom. The molecule has 7 heteroatoms. The third-order valence-corrected chi connectivity index (χ3v) is 5.92. The Hall–Kier alpha value is -2.47. The van der Waals surface area contributed by atoms with Gasteiger partial charge in [0.1, 0.15) is 5.75 Å². The summed E-state index contributed by atoms with van der Waals surface area (Å²) < 4.78 is 7.89. The quantitative estimate of drug-likeness (QED) is 0.225. The van der Waals surface area contributed by atoms with Crippen molar-refractivity contribution in [2.45, 2.75) is 11.7 Å². The highest BCUT2D eigenvalue weighted by Gasteiger charge is 2.16. The summed E-state index contributed by atoms with van der Waals surface area (Å²) in [6.45, 7) is 1.21. The van der Waals surface area contributed by atoms with Crippen molar-refractivity contribution in [2.75, 3.05) is 12.4 Å². The Balaban J connectivity index is 1.51. The third-order valence-electron chi connectivity index (χ3n) is 4.41. The van der Waals surface area contributed by atoms with E-state index < -0.39 is 0 Å². The van der Waals surface area contributed by atoms with E-state index >= 15 is 0 Å². The van der Waals surface area contributed by atoms with Crippen molar-refractivity contribution in [3.63, 3.8) is 0 Å². The fourth-order valence-corrected chi connectivity index (χ4v) is 4.07. The third kappa shape index (κ3) is 5.17. The molecule has 0 aliphatic carbocycles. The van der Waals surface area contributed by atoms with E-state index in [4.69, 9.17) is 27.9 Å². The van der Waals surface area contributed by atoms with Crippen LogP contribution in [0.25, 0.3) is 11.4 Å². The number of hydrogen-bond acceptors (Lipinski definition) is 4. The van der Waals surface area contributed by atoms with Crippen molar-refractivity contribution in [1.29, 1.82) is 0 Å². The van der Waals surface area contributed by atoms with E-state index in [0.29, 0.717) is 23.2 Å². The van der Waals surface area contributed by atoms with Gasteiger partial charge in [0, 0.05) is 16.3 Å². The van der Waals surface area contributed by atoms with Crippen LogP contribution >= 0.6 is 35.0 Å². The molecule has 30 heavy (non-hydrogen) atoms. The zero-order valence-electron chi connectivity index (χ0n) is 16.0. The summed E-state index contributed by atoms with van der Waals surface area (Å²) in [6.07, 6.45) is 0. The van der Waals surface area contributed by atoms with Crippen molar-refractivity contribution in [2.24, 2.45) is 0 Å². The highest BCUT2D eigenvalue weighted by molar-refractivity contribution is 7.99. The van der Waals surface area contributed by atoms with Gasteiger partial charge in [-0.1, -0.05) is 77.4 Å². The maximum absolute atomic E-state index is 6.43. The molecule has 0 bridgehead atoms. The molecule has 0 unspecified atom stereocenters. The van der Waals surface area contributed by atoms with E-state index in [1.54, 1.807) is 11.8 Å². The van der Waals surface area contributed by atoms with Crippen molar-refractivity contribution in [3.8, 4) is 17.1 Å². The van der Waals surface area contributed by atoms with Crippen LogP contribution in [-0.4, -0.2) is 27.1 Å². The van der Waals surface area contributed by atoms with Gasteiger partial charge in [-0.3, -0.25) is 4.57 Å². The first-order valence-electron chi connectivity index (χ1n) is 9.44. The molecule has 1 aromatic heterocycles. The lowest BCUT2D eigenvalue weighted by molar-refractivity contribution is 0.344. The Labute approximate surface area is 189 Å². The number of rotatable bonds is 8. The van der Waals surface area contributed by atoms with Crippen LogP contribution in [0.15, 0.2) is 84.0 Å². The fourth-order valence-electron chi connectivity index (χ4n) is 2.97. The van der Waals surface area contributed by atoms with Crippen LogP contribution < -0.4 is 4.74 Å². The summed E-state index contributed by atoms with van der Waals surface area (Å²) in [7, 11) is 0. The van der Waals surface area contributed by atoms with Crippen LogP contribution in [0.3, 0.4) is 0 Å². The molecule has 3 aromatic carbocycles. The summed E-state index contributed by atoms with van der Waals surface area (Å²) in [5.74, 6) is 2.28. The number of aromatic nitrogens is 3. The fraction of sp³-hybridized carbons (Fsp3) is 0.130. The van der Waals surface area contributed by atoms with Crippen LogP contribution in [-0.2, 0) is 6.54 Å². The van der Waals surface area contributed by atoms with Gasteiger partial charge in [0.25, 0.3) is 0 Å². The molecular formula is C23H19Cl2N3OS. The van der Waals surface area contributed by atoms with Crippen molar-refractivity contribution >= 4 is 35.0 Å². The maximum atomic E-state index is 6.43. The van der Waals surface area contributed by atoms with Crippen molar-refractivity contribution in [3.05, 3.63) is 94.5 Å². The van der Waals surface area contributed by atoms with Crippen LogP contribution in [0, 0.1) is 0 Å². The lowest BCUT2D eigenvalue weighted by Gasteiger charge is -2.11. The van der Waals surface area contributed by atoms with E-state index in [-0.39, 0.29) is 0 Å². The first kappa shape index (κ1) is 20.8. The summed E-state index contributed by atoms with van der Waals surface area (Å²) in [5.41, 5.74) is 2.04. The SMILES string of the molecule is Clc1ccc(OCCSc2nnc(-c3ccccc3Cl)n2Cc2ccccc2)cc1. The number of nitrogens with zero attached hydrogens (tertiary/aromatic N) is 3. The Morgan fingerprint density at radius 3 is 2.33 bits per heavy atom. The average Bonchev–Trinajstić information content (AvgIpc) is 3.16. The van der Waals surface area contributed by atoms with Gasteiger partial charge >= 0.3 is 0 Å². The molecule has 0 aliphatic rings. The zero-order valence-corrected chi connectivity index (χ0v) is 18.4. The van der Waals surface area contributed by atoms with E-state index in [1.165, 1.54) is 5.56 Å². The minimum atomic E-state index is 0.548. The number of halogens is 2. The highest BCUT2D eigenvalue weighted by Crippen LogP contribution is 2.30. The minimum absolute atomic E-state index is 0.548. The molecule has 0 aliphatic heterocycles. The highest BCUT2D eigenvalue weighted by atomic mass is 35.5. The molecule has 0 atom stereocenters. The zero-order chi connectivity index (χ0) is 20.8. The standard InChI is InChI=1S/C23H19Cl2N3OS/c24-18-10-12-19(13-11-18)29-14-15-30-23-27-26-22(20-8-4-5-9-21(20)25)28(23)16-17-6-2-1-3-7-17/h1-13H,14-16H2. The van der Waals surface area contributed by atoms with Crippen molar-refractivity contribution in [1.82, 2.24) is 14.8 Å². The van der Waals surface area contributed by atoms with Crippen LogP contribution in [0.4, 0.5) is 0 Å². The Morgan fingerprint density at radius 1 is 0.833 bits per heavy atom. The monoisotopic (exact) mass is 455 g/mol. The molecule has 4 rings (SSSR count). The molecule has 0 saturated heterocycles. The molecule has 0 amide bonds. The number of benzene rings is 3. The predicted octanol–water partition coefficient (Wildman–Crippen LogP) is 6.47. The first-order valence-corrected chi connectivity index (χ1v) is 11.2. The van der Waals surface area contributed by atoms with Gasteiger partial charge in [-0.15, -0.1) is 10.2 Å². The molecule has 0 saturated carbocycles. The number of ether oxygens (including phenoxy) is 1. The van der Waals surface area contributed by atoms with Gasteiger partial charge in [-0.2, -0.15) is 0 Å². The topological polar surface area (TPSA) is 39.9 Å². The molecule has 4 nitrogen and oxygen atoms in total. The van der Waals surface area contributed by atoms with Crippen molar-refractivity contribution < 1.29 is 4.74 Å². The van der Waals surface area contributed by atoms with E-state index in [9.17, 15) is 0 Å². The normalized spacial score (nSPS) is 10.9. The second-order valence-corrected chi connectivity index (χ2v) is 8.41. The molecule has 0 spiro atoms. The van der Waals surface area contributed by atoms with Gasteiger partial charge in [0.2, 0.25) is 0 Å². The molecule has 1 heterocycles. The van der Waals surface area contributed by atoms with Gasteiger partial charge < -0.3 is 4.74 Å². The van der Waals surface area contributed by atoms with Crippen LogP contribution in [0.1, 0.15) is 5.56 Å². The van der Waals surface area contributed by atoms with Crippen LogP contribution in [0.5, 0.6) is 5.75 Å². The minimum Gasteiger partial charge on any atom is -0.493 e. The predicted molar refractivity (Wildman–Crippen MR) is 124 cm³/mol. The smallest absolute Gasteiger partial charge is 0.191 e. The van der Waals surface area contributed by atoms with Crippen LogP contribution in [0.2, 0.25) is 10.0 Å². The average molecular weight is 456 g/mol. The molecule has 0 fully saturated rings. The lowest BCUT2D eigenvalue weighted by Crippen LogP contribution is -2.06. The lowest BCUT2D eigenvalue weighted by atomic mass is 10.2. The van der Waals surface area contributed by atoms with Gasteiger partial charge in [-0.25, -0.2) is 0 Å². The summed E-state index contributed by atoms with van der Waals surface area (Å²) in [5, 5.41) is 11.0. The molecule has 4 aromatic rings. The number of hydrogen-bond donors (Lipinski definition) is 0. The van der Waals surface area contributed by atoms with Gasteiger partial charge in [0.15, 0.2) is 11.0 Å². The molecule has 152 valence electrons. The molecular weight excluding hydrogens is 437 g/mol. The summed E-state index contributed by atoms with van der Waals surface area (Å²) in [4.78, 5) is 0. The van der Waals surface area contributed by atoms with E-state index in [2.05, 4.69) is 26.9 Å². The molecule has 0 radical (unpaired) electrons. The summed E-state index contributed by atoms with van der Waals surface area (Å²) >= 11 is 14.0. The Bertz CT molecular complexity index is 1100. The second kappa shape index (κ2) is 10.0. The largest absolute Gasteiger partial charge is 0.493 e. The van der Waals surface area contributed by atoms with Gasteiger partial charge in [0.05, 0.1) is 18.2 Å². The maximum Gasteiger partial charge on any atom is 0.191 e. The first-order chi connectivity index (χ1) is 14.7. The van der Waals surface area contributed by atoms with E-state index in [1.807, 2.05) is 66.7 Å². The Kier molecular flexibility index (Phi) is 6.95. The van der Waals surface area contributed by atoms with E-state index in [0.717, 1.165) is 28.0 Å². The second-order valence-electron chi connectivity index (χ2n) is 6.51. The number of thioether (sulfide) groups is 1.